The molecule has 4 N–H and O–H groups in total. The van der Waals surface area contributed by atoms with Crippen LogP contribution in [0.4, 0.5) is 28.0 Å². The summed E-state index contributed by atoms with van der Waals surface area (Å²) in [4.78, 5) is 52.8. The summed E-state index contributed by atoms with van der Waals surface area (Å²) in [5, 5.41) is 5.07. The molecule has 4 amide bonds. The second kappa shape index (κ2) is 12.0. The number of nitrogens with one attached hydrogen (secondary N) is 4. The lowest BCUT2D eigenvalue weighted by molar-refractivity contribution is -0.187. The number of urea groups is 1. The van der Waals surface area contributed by atoms with Crippen LogP contribution in [0.3, 0.4) is 0 Å². The van der Waals surface area contributed by atoms with Crippen molar-refractivity contribution in [2.24, 2.45) is 11.8 Å². The molecule has 45 heavy (non-hydrogen) atoms. The van der Waals surface area contributed by atoms with E-state index in [0.29, 0.717) is 16.0 Å². The lowest BCUT2D eigenvalue weighted by atomic mass is 9.84. The Labute approximate surface area is 256 Å². The zero-order chi connectivity index (χ0) is 32.7. The van der Waals surface area contributed by atoms with E-state index in [0.717, 1.165) is 31.9 Å². The Hall–Kier alpha value is -4.05. The van der Waals surface area contributed by atoms with E-state index < -0.39 is 76.3 Å². The van der Waals surface area contributed by atoms with Crippen LogP contribution in [-0.4, -0.2) is 55.7 Å². The number of aryl methyl sites for hydroxylation is 1. The van der Waals surface area contributed by atoms with Gasteiger partial charge in [-0.2, -0.15) is 26.3 Å². The van der Waals surface area contributed by atoms with E-state index in [1.807, 2.05) is 4.72 Å². The first-order valence-corrected chi connectivity index (χ1v) is 15.7. The van der Waals surface area contributed by atoms with Crippen molar-refractivity contribution in [3.8, 4) is 0 Å². The Morgan fingerprint density at radius 2 is 1.80 bits per heavy atom. The summed E-state index contributed by atoms with van der Waals surface area (Å²) in [6.45, 7) is 0.500. The van der Waals surface area contributed by atoms with Gasteiger partial charge in [-0.25, -0.2) is 13.9 Å². The number of carbonyl (C=O) groups excluding carboxylic acids is 4. The summed E-state index contributed by atoms with van der Waals surface area (Å²) < 4.78 is 82.7. The number of Topliss-reactive ketones (excluding diaryl/α,β-unsaturated/α-hetero) is 1. The number of fused-ring (bicyclic) bond motifs is 2. The lowest BCUT2D eigenvalue weighted by Gasteiger charge is -2.31. The Morgan fingerprint density at radius 3 is 2.44 bits per heavy atom. The molecule has 3 atom stereocenters. The fraction of sp³-hybridized carbons (Fsp3) is 0.448. The van der Waals surface area contributed by atoms with Gasteiger partial charge in [0.2, 0.25) is 11.8 Å². The first-order valence-electron chi connectivity index (χ1n) is 14.3. The van der Waals surface area contributed by atoms with Crippen LogP contribution in [0.25, 0.3) is 0 Å². The SMILES string of the molecule is C[C@H](N(Cc1ccc(F)cc1)C(=O)C[C@H]1C(=O)NC2(CCc3cc(NC(=O)NS(=O)(=O)NCC4CC4)ccc32)C1=O)C(F)(F)F. The normalized spacial score (nSPS) is 21.8. The number of nitrogens with zero attached hydrogens (tertiary/aromatic N) is 1. The maximum absolute atomic E-state index is 13.7. The first-order chi connectivity index (χ1) is 21.1. The number of carbonyl (C=O) groups is 4. The second-order valence-corrected chi connectivity index (χ2v) is 13.1. The first kappa shape index (κ1) is 32.3. The zero-order valence-corrected chi connectivity index (χ0v) is 24.9. The molecule has 1 aliphatic heterocycles. The van der Waals surface area contributed by atoms with Crippen molar-refractivity contribution >= 4 is 39.5 Å². The van der Waals surface area contributed by atoms with Crippen molar-refractivity contribution in [1.29, 1.82) is 0 Å². The molecule has 2 aliphatic carbocycles. The van der Waals surface area contributed by atoms with Crippen molar-refractivity contribution in [3.05, 3.63) is 65.0 Å². The summed E-state index contributed by atoms with van der Waals surface area (Å²) in [6.07, 6.45) is -3.38. The highest BCUT2D eigenvalue weighted by Crippen LogP contribution is 2.44. The molecule has 0 radical (unpaired) electrons. The van der Waals surface area contributed by atoms with Crippen LogP contribution >= 0.6 is 0 Å². The van der Waals surface area contributed by atoms with E-state index in [4.69, 9.17) is 0 Å². The van der Waals surface area contributed by atoms with Gasteiger partial charge in [0.05, 0.1) is 0 Å². The minimum absolute atomic E-state index is 0.116. The number of ketones is 1. The smallest absolute Gasteiger partial charge is 0.339 e. The van der Waals surface area contributed by atoms with Gasteiger partial charge in [0.15, 0.2) is 5.78 Å². The van der Waals surface area contributed by atoms with Crippen LogP contribution in [0.5, 0.6) is 0 Å². The number of hydrogen-bond donors (Lipinski definition) is 4. The molecule has 5 rings (SSSR count). The summed E-state index contributed by atoms with van der Waals surface area (Å²) in [6, 6.07) is 5.78. The Kier molecular flexibility index (Phi) is 8.65. The quantitative estimate of drug-likeness (QED) is 0.229. The molecular weight excluding hydrogens is 622 g/mol. The number of halogens is 4. The average molecular weight is 654 g/mol. The maximum atomic E-state index is 13.7. The fourth-order valence-electron chi connectivity index (χ4n) is 5.66. The van der Waals surface area contributed by atoms with Gasteiger partial charge in [-0.05, 0) is 79.5 Å². The molecule has 2 aromatic rings. The van der Waals surface area contributed by atoms with Gasteiger partial charge in [0.25, 0.3) is 0 Å². The molecule has 1 spiro atoms. The number of anilines is 1. The summed E-state index contributed by atoms with van der Waals surface area (Å²) in [5.74, 6) is -4.42. The molecule has 1 saturated carbocycles. The van der Waals surface area contributed by atoms with Crippen molar-refractivity contribution in [2.45, 2.75) is 63.3 Å². The van der Waals surface area contributed by atoms with Gasteiger partial charge in [-0.15, -0.1) is 0 Å². The fourth-order valence-corrected chi connectivity index (χ4v) is 6.48. The highest BCUT2D eigenvalue weighted by Gasteiger charge is 2.57. The third-order valence-corrected chi connectivity index (χ3v) is 9.38. The van der Waals surface area contributed by atoms with E-state index in [1.54, 1.807) is 0 Å². The van der Waals surface area contributed by atoms with Gasteiger partial charge in [0, 0.05) is 25.2 Å². The van der Waals surface area contributed by atoms with Crippen LogP contribution < -0.4 is 20.1 Å². The topological polar surface area (TPSA) is 154 Å². The molecule has 1 heterocycles. The second-order valence-electron chi connectivity index (χ2n) is 11.6. The minimum Gasteiger partial charge on any atom is -0.339 e. The monoisotopic (exact) mass is 653 g/mol. The third-order valence-electron chi connectivity index (χ3n) is 8.37. The Morgan fingerprint density at radius 1 is 1.11 bits per heavy atom. The molecule has 16 heteroatoms. The molecule has 2 aromatic carbocycles. The largest absolute Gasteiger partial charge is 0.408 e. The van der Waals surface area contributed by atoms with E-state index in [-0.39, 0.29) is 36.6 Å². The summed E-state index contributed by atoms with van der Waals surface area (Å²) >= 11 is 0. The predicted octanol–water partition coefficient (Wildman–Crippen LogP) is 3.02. The Balaban J connectivity index is 1.28. The summed E-state index contributed by atoms with van der Waals surface area (Å²) in [7, 11) is -4.07. The molecule has 0 aromatic heterocycles. The molecule has 1 saturated heterocycles. The van der Waals surface area contributed by atoms with Crippen LogP contribution in [0.1, 0.15) is 49.3 Å². The van der Waals surface area contributed by atoms with E-state index >= 15 is 0 Å². The van der Waals surface area contributed by atoms with E-state index in [1.165, 1.54) is 30.3 Å². The number of benzene rings is 2. The van der Waals surface area contributed by atoms with Crippen molar-refractivity contribution in [2.75, 3.05) is 11.9 Å². The van der Waals surface area contributed by atoms with Crippen LogP contribution in [-0.2, 0) is 43.1 Å². The minimum atomic E-state index is -4.80. The van der Waals surface area contributed by atoms with Crippen molar-refractivity contribution in [3.63, 3.8) is 0 Å². The molecular formula is C29H31F4N5O6S. The van der Waals surface area contributed by atoms with Crippen molar-refractivity contribution < 1.29 is 45.2 Å². The van der Waals surface area contributed by atoms with Gasteiger partial charge >= 0.3 is 22.4 Å². The Bertz CT molecular complexity index is 1630. The third kappa shape index (κ3) is 7.11. The van der Waals surface area contributed by atoms with E-state index in [2.05, 4.69) is 15.4 Å². The number of amides is 4. The van der Waals surface area contributed by atoms with Gasteiger partial charge in [0.1, 0.15) is 23.3 Å². The van der Waals surface area contributed by atoms with Crippen LogP contribution in [0.15, 0.2) is 42.5 Å². The molecule has 1 unspecified atom stereocenters. The van der Waals surface area contributed by atoms with E-state index in [9.17, 15) is 45.2 Å². The van der Waals surface area contributed by atoms with Gasteiger partial charge < -0.3 is 15.5 Å². The van der Waals surface area contributed by atoms with Crippen LogP contribution in [0, 0.1) is 17.7 Å². The summed E-state index contributed by atoms with van der Waals surface area (Å²) in [5.41, 5.74) is -0.0682. The standard InChI is InChI=1S/C29H31F4N5O6S/c1-16(29(31,32)33)38(15-18-4-6-20(30)7-5-18)24(39)13-22-25(40)28(36-26(22)41)11-10-19-12-21(8-9-23(19)28)35-27(42)37-45(43,44)34-14-17-2-3-17/h4-9,12,16-17,22,34H,2-3,10-11,13-15H2,1H3,(H,36,41)(H2,35,37,42)/t16-,22+,28?/m0/s1. The van der Waals surface area contributed by atoms with Crippen molar-refractivity contribution in [1.82, 2.24) is 19.7 Å². The molecule has 0 bridgehead atoms. The highest BCUT2D eigenvalue weighted by atomic mass is 32.2. The number of hydrogen-bond acceptors (Lipinski definition) is 6. The van der Waals surface area contributed by atoms with Gasteiger partial charge in [-0.1, -0.05) is 18.2 Å². The molecule has 11 nitrogen and oxygen atoms in total. The number of rotatable bonds is 10. The average Bonchev–Trinajstić information content (AvgIpc) is 3.69. The highest BCUT2D eigenvalue weighted by molar-refractivity contribution is 7.88. The molecule has 3 aliphatic rings. The zero-order valence-electron chi connectivity index (χ0n) is 24.0. The van der Waals surface area contributed by atoms with Gasteiger partial charge in [-0.3, -0.25) is 14.4 Å². The maximum Gasteiger partial charge on any atom is 0.408 e. The molecule has 2 fully saturated rings. The lowest BCUT2D eigenvalue weighted by Crippen LogP contribution is -2.47. The number of alkyl halides is 3. The van der Waals surface area contributed by atoms with Crippen LogP contribution in [0.2, 0.25) is 0 Å². The molecule has 242 valence electrons. The predicted molar refractivity (Wildman–Crippen MR) is 152 cm³/mol.